The van der Waals surface area contributed by atoms with Crippen LogP contribution in [0.4, 0.5) is 24.5 Å². The third kappa shape index (κ3) is 6.50. The Morgan fingerprint density at radius 2 is 1.69 bits per heavy atom. The van der Waals surface area contributed by atoms with Crippen LogP contribution in [0.3, 0.4) is 0 Å². The van der Waals surface area contributed by atoms with Gasteiger partial charge in [-0.15, -0.1) is 12.4 Å². The number of carbonyl (C=O) groups is 1. The van der Waals surface area contributed by atoms with Gasteiger partial charge in [-0.3, -0.25) is 9.58 Å². The molecule has 3 fully saturated rings. The van der Waals surface area contributed by atoms with Crippen molar-refractivity contribution in [3.05, 3.63) is 64.9 Å². The highest BCUT2D eigenvalue weighted by Crippen LogP contribution is 2.39. The maximum Gasteiger partial charge on any atom is 0.433 e. The minimum absolute atomic E-state index is 0. The predicted molar refractivity (Wildman–Crippen MR) is 160 cm³/mol. The first-order chi connectivity index (χ1) is 19.7. The van der Waals surface area contributed by atoms with E-state index in [0.29, 0.717) is 24.4 Å². The van der Waals surface area contributed by atoms with Gasteiger partial charge in [0.05, 0.1) is 12.2 Å². The number of halogens is 5. The lowest BCUT2D eigenvalue weighted by atomic mass is 9.99. The smallest absolute Gasteiger partial charge is 0.433 e. The van der Waals surface area contributed by atoms with Gasteiger partial charge in [-0.25, -0.2) is 4.79 Å². The number of anilines is 2. The van der Waals surface area contributed by atoms with Crippen LogP contribution in [0.25, 0.3) is 11.1 Å². The van der Waals surface area contributed by atoms with Gasteiger partial charge in [-0.2, -0.15) is 18.3 Å². The van der Waals surface area contributed by atoms with E-state index >= 15 is 0 Å². The van der Waals surface area contributed by atoms with Gasteiger partial charge in [0.15, 0.2) is 5.69 Å². The van der Waals surface area contributed by atoms with Crippen molar-refractivity contribution >= 4 is 41.4 Å². The fourth-order valence-electron chi connectivity index (χ4n) is 6.17. The van der Waals surface area contributed by atoms with Gasteiger partial charge >= 0.3 is 12.1 Å². The number of rotatable bonds is 7. The molecule has 1 aromatic heterocycles. The van der Waals surface area contributed by atoms with Crippen molar-refractivity contribution in [2.45, 2.75) is 37.9 Å². The number of hydrogen-bond acceptors (Lipinski definition) is 5. The largest absolute Gasteiger partial charge is 0.478 e. The van der Waals surface area contributed by atoms with Gasteiger partial charge in [-0.1, -0.05) is 29.8 Å². The van der Waals surface area contributed by atoms with Gasteiger partial charge in [0.1, 0.15) is 5.56 Å². The molecule has 0 spiro atoms. The maximum absolute atomic E-state index is 13.9. The normalized spacial score (nSPS) is 20.0. The van der Waals surface area contributed by atoms with Crippen LogP contribution >= 0.6 is 24.0 Å². The van der Waals surface area contributed by atoms with Crippen molar-refractivity contribution in [3.8, 4) is 11.1 Å². The van der Waals surface area contributed by atoms with Crippen LogP contribution in [0.15, 0.2) is 48.7 Å². The van der Waals surface area contributed by atoms with Crippen molar-refractivity contribution in [2.24, 2.45) is 5.92 Å². The number of piperidine rings is 1. The van der Waals surface area contributed by atoms with Crippen molar-refractivity contribution in [2.75, 3.05) is 55.6 Å². The van der Waals surface area contributed by atoms with E-state index in [0.717, 1.165) is 59.8 Å². The lowest BCUT2D eigenvalue weighted by molar-refractivity contribution is -0.145. The molecule has 1 unspecified atom stereocenters. The van der Waals surface area contributed by atoms with Crippen LogP contribution in [-0.4, -0.2) is 71.6 Å². The number of piperazine rings is 1. The average molecular weight is 625 g/mol. The molecule has 3 aliphatic rings. The zero-order valence-electron chi connectivity index (χ0n) is 23.1. The molecule has 1 saturated carbocycles. The number of alkyl halides is 3. The van der Waals surface area contributed by atoms with Crippen molar-refractivity contribution in [3.63, 3.8) is 0 Å². The van der Waals surface area contributed by atoms with Gasteiger partial charge in [0.25, 0.3) is 0 Å². The second-order valence-electron chi connectivity index (χ2n) is 11.3. The fraction of sp³-hybridized carbons (Fsp3) is 0.467. The first kappa shape index (κ1) is 30.5. The number of aromatic nitrogens is 2. The van der Waals surface area contributed by atoms with Crippen molar-refractivity contribution in [1.29, 1.82) is 0 Å². The molecule has 0 bridgehead atoms. The van der Waals surface area contributed by atoms with Crippen molar-refractivity contribution < 1.29 is 23.1 Å². The Morgan fingerprint density at radius 3 is 2.33 bits per heavy atom. The van der Waals surface area contributed by atoms with Gasteiger partial charge in [0, 0.05) is 67.8 Å². The molecule has 7 nitrogen and oxygen atoms in total. The second kappa shape index (κ2) is 12.3. The molecule has 2 aliphatic heterocycles. The minimum Gasteiger partial charge on any atom is -0.478 e. The second-order valence-corrected chi connectivity index (χ2v) is 11.8. The number of aromatic carboxylic acids is 1. The quantitative estimate of drug-likeness (QED) is 0.315. The molecule has 1 atom stereocenters. The van der Waals surface area contributed by atoms with E-state index in [2.05, 4.69) is 39.2 Å². The number of benzene rings is 2. The molecule has 0 amide bonds. The molecule has 1 aliphatic carbocycles. The molecular formula is C30H34Cl2F3N5O2. The van der Waals surface area contributed by atoms with E-state index in [1.165, 1.54) is 25.1 Å². The summed E-state index contributed by atoms with van der Waals surface area (Å²) in [7, 11) is 0. The topological polar surface area (TPSA) is 64.8 Å². The third-order valence-corrected chi connectivity index (χ3v) is 8.70. The molecule has 12 heteroatoms. The molecule has 2 aromatic carbocycles. The fourth-order valence-corrected chi connectivity index (χ4v) is 6.33. The molecule has 42 heavy (non-hydrogen) atoms. The maximum atomic E-state index is 13.9. The summed E-state index contributed by atoms with van der Waals surface area (Å²) in [4.78, 5) is 18.5. The molecule has 6 rings (SSSR count). The van der Waals surface area contributed by atoms with E-state index in [-0.39, 0.29) is 19.0 Å². The summed E-state index contributed by atoms with van der Waals surface area (Å²) in [6, 6.07) is 13.4. The first-order valence-corrected chi connectivity index (χ1v) is 14.6. The molecular weight excluding hydrogens is 590 g/mol. The highest BCUT2D eigenvalue weighted by molar-refractivity contribution is 6.31. The minimum atomic E-state index is -4.83. The Morgan fingerprint density at radius 1 is 0.976 bits per heavy atom. The van der Waals surface area contributed by atoms with Crippen LogP contribution in [0, 0.1) is 5.92 Å². The van der Waals surface area contributed by atoms with Gasteiger partial charge in [-0.05, 0) is 61.4 Å². The van der Waals surface area contributed by atoms with E-state index in [1.54, 1.807) is 0 Å². The van der Waals surface area contributed by atoms with Crippen LogP contribution < -0.4 is 9.80 Å². The molecule has 2 saturated heterocycles. The number of carboxylic acids is 1. The summed E-state index contributed by atoms with van der Waals surface area (Å²) in [5.74, 6) is -0.741. The monoisotopic (exact) mass is 623 g/mol. The van der Waals surface area contributed by atoms with Crippen LogP contribution in [0.2, 0.25) is 5.02 Å². The Hall–Kier alpha value is -2.95. The Labute approximate surface area is 254 Å². The van der Waals surface area contributed by atoms with E-state index in [1.807, 2.05) is 23.1 Å². The molecule has 1 N–H and O–H groups in total. The number of nitrogens with zero attached hydrogens (tertiary/aromatic N) is 5. The summed E-state index contributed by atoms with van der Waals surface area (Å²) in [5, 5.41) is 13.7. The van der Waals surface area contributed by atoms with E-state index < -0.39 is 29.4 Å². The molecule has 0 radical (unpaired) electrons. The zero-order chi connectivity index (χ0) is 28.7. The highest BCUT2D eigenvalue weighted by atomic mass is 35.5. The SMILES string of the molecule is Cl.O=C(O)c1cnn(C2CCCN(c3cc(Cl)ccc3-c3ccc(N4CCN(CC5CC5)CC4)cc3)C2)c1C(F)(F)F. The van der Waals surface area contributed by atoms with Gasteiger partial charge < -0.3 is 14.9 Å². The Kier molecular flexibility index (Phi) is 8.97. The standard InChI is InChI=1S/C30H33ClF3N5O2.ClH/c31-22-7-10-25(21-5-8-23(9-6-21)37-14-12-36(13-15-37)18-20-3-4-20)27(16-22)38-11-1-2-24(19-38)39-28(30(32,33)34)26(17-35-39)29(40)41;/h5-10,16-17,20,24H,1-4,11-15,18-19H2,(H,40,41);1H. The molecule has 3 aromatic rings. The van der Waals surface area contributed by atoms with E-state index in [4.69, 9.17) is 11.6 Å². The Bertz CT molecular complexity index is 1400. The predicted octanol–water partition coefficient (Wildman–Crippen LogP) is 6.72. The van der Waals surface area contributed by atoms with Crippen molar-refractivity contribution in [1.82, 2.24) is 14.7 Å². The lowest BCUT2D eigenvalue weighted by Gasteiger charge is -2.37. The van der Waals surface area contributed by atoms with Crippen LogP contribution in [0.1, 0.15) is 47.8 Å². The summed E-state index contributed by atoms with van der Waals surface area (Å²) in [6.07, 6.45) is -0.213. The van der Waals surface area contributed by atoms with Crippen LogP contribution in [0.5, 0.6) is 0 Å². The zero-order valence-corrected chi connectivity index (χ0v) is 24.6. The first-order valence-electron chi connectivity index (χ1n) is 14.2. The number of carboxylic acid groups (broad SMARTS) is 1. The molecule has 3 heterocycles. The lowest BCUT2D eigenvalue weighted by Crippen LogP contribution is -2.47. The summed E-state index contributed by atoms with van der Waals surface area (Å²) < 4.78 is 42.5. The van der Waals surface area contributed by atoms with E-state index in [9.17, 15) is 23.1 Å². The highest BCUT2D eigenvalue weighted by Gasteiger charge is 2.42. The third-order valence-electron chi connectivity index (χ3n) is 8.47. The number of hydrogen-bond donors (Lipinski definition) is 1. The van der Waals surface area contributed by atoms with Gasteiger partial charge in [0.2, 0.25) is 0 Å². The molecule has 226 valence electrons. The summed E-state index contributed by atoms with van der Waals surface area (Å²) >= 11 is 6.41. The average Bonchev–Trinajstić information content (AvgIpc) is 3.65. The summed E-state index contributed by atoms with van der Waals surface area (Å²) in [5.41, 5.74) is 1.91. The van der Waals surface area contributed by atoms with Crippen LogP contribution in [-0.2, 0) is 6.18 Å². The summed E-state index contributed by atoms with van der Waals surface area (Å²) in [6.45, 7) is 6.28. The Balaban J connectivity index is 0.00000353.